The summed E-state index contributed by atoms with van der Waals surface area (Å²) in [6.45, 7) is 2.34. The first kappa shape index (κ1) is 19.6. The van der Waals surface area contributed by atoms with Gasteiger partial charge in [0.15, 0.2) is 0 Å². The second-order valence-corrected chi connectivity index (χ2v) is 7.96. The van der Waals surface area contributed by atoms with Crippen LogP contribution in [0.15, 0.2) is 51.8 Å². The molecule has 2 aromatic rings. The second-order valence-electron chi connectivity index (χ2n) is 5.34. The quantitative estimate of drug-likeness (QED) is 0.666. The molecule has 0 spiro atoms. The van der Waals surface area contributed by atoms with Gasteiger partial charge in [-0.3, -0.25) is 4.79 Å². The Labute approximate surface area is 155 Å². The van der Waals surface area contributed by atoms with Gasteiger partial charge in [0.2, 0.25) is 10.0 Å². The van der Waals surface area contributed by atoms with Crippen molar-refractivity contribution < 1.29 is 17.9 Å². The molecule has 0 aliphatic carbocycles. The summed E-state index contributed by atoms with van der Waals surface area (Å²) in [6, 6.07) is 11.3. The van der Waals surface area contributed by atoms with Crippen molar-refractivity contribution in [1.29, 1.82) is 0 Å². The number of rotatable bonds is 7. The van der Waals surface area contributed by atoms with Crippen LogP contribution in [0.1, 0.15) is 15.9 Å². The van der Waals surface area contributed by atoms with Crippen molar-refractivity contribution in [1.82, 2.24) is 4.72 Å². The lowest BCUT2D eigenvalue weighted by Gasteiger charge is -2.09. The first-order valence-electron chi connectivity index (χ1n) is 7.49. The zero-order chi connectivity index (χ0) is 18.4. The predicted molar refractivity (Wildman–Crippen MR) is 100 cm³/mol. The van der Waals surface area contributed by atoms with Crippen LogP contribution < -0.4 is 10.0 Å². The number of aryl methyl sites for hydroxylation is 1. The van der Waals surface area contributed by atoms with Crippen molar-refractivity contribution in [2.75, 3.05) is 25.6 Å². The molecule has 0 heterocycles. The number of amides is 1. The summed E-state index contributed by atoms with van der Waals surface area (Å²) in [5.74, 6) is -0.379. The molecule has 0 saturated heterocycles. The van der Waals surface area contributed by atoms with E-state index in [0.717, 1.165) is 10.0 Å². The Morgan fingerprint density at radius 1 is 1.20 bits per heavy atom. The Bertz CT molecular complexity index is 869. The second kappa shape index (κ2) is 8.57. The molecule has 0 radical (unpaired) electrons. The van der Waals surface area contributed by atoms with Gasteiger partial charge < -0.3 is 10.1 Å². The number of hydrogen-bond acceptors (Lipinski definition) is 4. The molecule has 2 N–H and O–H groups in total. The Morgan fingerprint density at radius 3 is 2.64 bits per heavy atom. The molecule has 0 saturated carbocycles. The monoisotopic (exact) mass is 426 g/mol. The summed E-state index contributed by atoms with van der Waals surface area (Å²) < 4.78 is 32.6. The van der Waals surface area contributed by atoms with Crippen molar-refractivity contribution in [2.45, 2.75) is 11.8 Å². The number of carbonyl (C=O) groups is 1. The number of halogens is 1. The molecule has 0 unspecified atom stereocenters. The minimum atomic E-state index is -3.69. The molecular formula is C17H19BrN2O4S. The first-order chi connectivity index (χ1) is 11.8. The van der Waals surface area contributed by atoms with Gasteiger partial charge in [-0.2, -0.15) is 0 Å². The van der Waals surface area contributed by atoms with Crippen LogP contribution in [0.25, 0.3) is 0 Å². The van der Waals surface area contributed by atoms with E-state index in [1.807, 2.05) is 19.1 Å². The fourth-order valence-corrected chi connectivity index (χ4v) is 3.40. The van der Waals surface area contributed by atoms with Crippen LogP contribution in [0.4, 0.5) is 5.69 Å². The van der Waals surface area contributed by atoms with Crippen LogP contribution in [0, 0.1) is 6.92 Å². The average molecular weight is 427 g/mol. The third kappa shape index (κ3) is 5.37. The molecule has 2 aromatic carbocycles. The van der Waals surface area contributed by atoms with Crippen molar-refractivity contribution in [3.05, 3.63) is 58.1 Å². The summed E-state index contributed by atoms with van der Waals surface area (Å²) in [5, 5.41) is 2.76. The smallest absolute Gasteiger partial charge is 0.255 e. The van der Waals surface area contributed by atoms with Crippen molar-refractivity contribution in [3.8, 4) is 0 Å². The topological polar surface area (TPSA) is 84.5 Å². The fourth-order valence-electron chi connectivity index (χ4n) is 2.09. The highest BCUT2D eigenvalue weighted by Gasteiger charge is 2.16. The molecule has 0 aliphatic heterocycles. The molecule has 134 valence electrons. The van der Waals surface area contributed by atoms with Crippen LogP contribution in [0.3, 0.4) is 0 Å². The number of sulfonamides is 1. The van der Waals surface area contributed by atoms with Crippen molar-refractivity contribution in [2.24, 2.45) is 0 Å². The summed E-state index contributed by atoms with van der Waals surface area (Å²) in [5.41, 5.74) is 1.88. The van der Waals surface area contributed by atoms with Crippen LogP contribution in [0.5, 0.6) is 0 Å². The zero-order valence-corrected chi connectivity index (χ0v) is 16.3. The average Bonchev–Trinajstić information content (AvgIpc) is 2.58. The minimum Gasteiger partial charge on any atom is -0.383 e. The van der Waals surface area contributed by atoms with Gasteiger partial charge in [-0.15, -0.1) is 0 Å². The molecule has 0 atom stereocenters. The van der Waals surface area contributed by atoms with E-state index in [2.05, 4.69) is 26.0 Å². The number of nitrogens with one attached hydrogen (secondary N) is 2. The standard InChI is InChI=1S/C17H19BrN2O4S/c1-12-10-14(6-7-16(12)18)20-17(21)13-4-3-5-15(11-13)25(22,23)19-8-9-24-2/h3-7,10-11,19H,8-9H2,1-2H3,(H,20,21). The van der Waals surface area contributed by atoms with E-state index in [9.17, 15) is 13.2 Å². The number of methoxy groups -OCH3 is 1. The van der Waals surface area contributed by atoms with Gasteiger partial charge in [-0.25, -0.2) is 13.1 Å². The summed E-state index contributed by atoms with van der Waals surface area (Å²) >= 11 is 3.40. The van der Waals surface area contributed by atoms with Crippen LogP contribution in [0.2, 0.25) is 0 Å². The van der Waals surface area contributed by atoms with E-state index in [-0.39, 0.29) is 29.5 Å². The number of ether oxygens (including phenoxy) is 1. The highest BCUT2D eigenvalue weighted by Crippen LogP contribution is 2.21. The largest absolute Gasteiger partial charge is 0.383 e. The lowest BCUT2D eigenvalue weighted by molar-refractivity contribution is 0.102. The third-order valence-corrected chi connectivity index (χ3v) is 5.77. The predicted octanol–water partition coefficient (Wildman–Crippen LogP) is 2.93. The summed E-state index contributed by atoms with van der Waals surface area (Å²) in [4.78, 5) is 12.4. The van der Waals surface area contributed by atoms with E-state index in [4.69, 9.17) is 4.74 Å². The van der Waals surface area contributed by atoms with E-state index in [1.54, 1.807) is 12.1 Å². The van der Waals surface area contributed by atoms with E-state index >= 15 is 0 Å². The van der Waals surface area contributed by atoms with Gasteiger partial charge >= 0.3 is 0 Å². The molecule has 25 heavy (non-hydrogen) atoms. The van der Waals surface area contributed by atoms with Crippen molar-refractivity contribution in [3.63, 3.8) is 0 Å². The van der Waals surface area contributed by atoms with Gasteiger partial charge in [-0.05, 0) is 48.9 Å². The lowest BCUT2D eigenvalue weighted by atomic mass is 10.2. The molecule has 0 aliphatic rings. The lowest BCUT2D eigenvalue weighted by Crippen LogP contribution is -2.27. The van der Waals surface area contributed by atoms with Crippen LogP contribution in [-0.2, 0) is 14.8 Å². The zero-order valence-electron chi connectivity index (χ0n) is 13.9. The summed E-state index contributed by atoms with van der Waals surface area (Å²) in [6.07, 6.45) is 0. The van der Waals surface area contributed by atoms with E-state index in [0.29, 0.717) is 5.69 Å². The number of benzene rings is 2. The van der Waals surface area contributed by atoms with E-state index in [1.165, 1.54) is 25.3 Å². The molecule has 0 bridgehead atoms. The summed E-state index contributed by atoms with van der Waals surface area (Å²) in [7, 11) is -2.20. The van der Waals surface area contributed by atoms with Crippen LogP contribution >= 0.6 is 15.9 Å². The minimum absolute atomic E-state index is 0.0308. The molecule has 2 rings (SSSR count). The van der Waals surface area contributed by atoms with Gasteiger partial charge in [-0.1, -0.05) is 22.0 Å². The molecule has 0 fully saturated rings. The number of hydrogen-bond donors (Lipinski definition) is 2. The maximum absolute atomic E-state index is 12.4. The third-order valence-electron chi connectivity index (χ3n) is 3.42. The maximum atomic E-state index is 12.4. The molecule has 8 heteroatoms. The first-order valence-corrected chi connectivity index (χ1v) is 9.77. The van der Waals surface area contributed by atoms with Gasteiger partial charge in [0, 0.05) is 29.4 Å². The van der Waals surface area contributed by atoms with Gasteiger partial charge in [0.1, 0.15) is 0 Å². The number of carbonyl (C=O) groups excluding carboxylic acids is 1. The molecule has 0 aromatic heterocycles. The van der Waals surface area contributed by atoms with Gasteiger partial charge in [0.25, 0.3) is 5.91 Å². The Morgan fingerprint density at radius 2 is 1.96 bits per heavy atom. The van der Waals surface area contributed by atoms with Crippen molar-refractivity contribution >= 4 is 37.5 Å². The number of anilines is 1. The fraction of sp³-hybridized carbons (Fsp3) is 0.235. The highest BCUT2D eigenvalue weighted by atomic mass is 79.9. The SMILES string of the molecule is COCCNS(=O)(=O)c1cccc(C(=O)Nc2ccc(Br)c(C)c2)c1. The normalized spacial score (nSPS) is 11.3. The Hall–Kier alpha value is -1.74. The Balaban J connectivity index is 2.17. The highest BCUT2D eigenvalue weighted by molar-refractivity contribution is 9.10. The van der Waals surface area contributed by atoms with Gasteiger partial charge in [0.05, 0.1) is 11.5 Å². The van der Waals surface area contributed by atoms with E-state index < -0.39 is 10.0 Å². The maximum Gasteiger partial charge on any atom is 0.255 e. The van der Waals surface area contributed by atoms with Crippen LogP contribution in [-0.4, -0.2) is 34.6 Å². The Kier molecular flexibility index (Phi) is 6.71. The molecule has 1 amide bonds. The molecule has 6 nitrogen and oxygen atoms in total. The molecular weight excluding hydrogens is 408 g/mol.